The van der Waals surface area contributed by atoms with Crippen LogP contribution in [0.2, 0.25) is 0 Å². The Bertz CT molecular complexity index is 514. The lowest BCUT2D eigenvalue weighted by atomic mass is 10.1. The van der Waals surface area contributed by atoms with Gasteiger partial charge in [-0.2, -0.15) is 4.98 Å². The molecule has 0 fully saturated rings. The quantitative estimate of drug-likeness (QED) is 0.875. The van der Waals surface area contributed by atoms with Gasteiger partial charge in [-0.25, -0.2) is 0 Å². The zero-order valence-electron chi connectivity index (χ0n) is 10.0. The molecule has 4 nitrogen and oxygen atoms in total. The molecule has 0 atom stereocenters. The molecule has 1 aromatic heterocycles. The average molecular weight is 229 g/mol. The van der Waals surface area contributed by atoms with Crippen LogP contribution in [0.3, 0.4) is 0 Å². The number of aryl methyl sites for hydroxylation is 1. The molecule has 88 valence electrons. The third-order valence-corrected chi connectivity index (χ3v) is 2.33. The molecule has 0 saturated carbocycles. The van der Waals surface area contributed by atoms with Crippen LogP contribution in [0, 0.1) is 6.92 Å². The molecule has 0 aliphatic rings. The van der Waals surface area contributed by atoms with Crippen LogP contribution in [0.1, 0.15) is 18.4 Å². The van der Waals surface area contributed by atoms with Crippen molar-refractivity contribution >= 4 is 0 Å². The molecule has 0 unspecified atom stereocenters. The number of hydrogen-bond acceptors (Lipinski definition) is 4. The normalized spacial score (nSPS) is 10.2. The van der Waals surface area contributed by atoms with Gasteiger partial charge in [-0.15, -0.1) is 0 Å². The first-order chi connectivity index (χ1) is 8.15. The molecule has 0 aliphatic carbocycles. The van der Waals surface area contributed by atoms with Gasteiger partial charge in [-0.05, 0) is 12.5 Å². The predicted molar refractivity (Wildman–Crippen MR) is 66.1 cm³/mol. The average Bonchev–Trinajstić information content (AvgIpc) is 2.74. The first-order valence-electron chi connectivity index (χ1n) is 5.44. The molecule has 0 aliphatic heterocycles. The Hall–Kier alpha value is -2.10. The van der Waals surface area contributed by atoms with Crippen LogP contribution < -0.4 is 5.32 Å². The van der Waals surface area contributed by atoms with Crippen molar-refractivity contribution in [2.45, 2.75) is 20.4 Å². The Morgan fingerprint density at radius 2 is 2.06 bits per heavy atom. The van der Waals surface area contributed by atoms with Crippen LogP contribution in [0.25, 0.3) is 11.4 Å². The van der Waals surface area contributed by atoms with Crippen LogP contribution in [0.15, 0.2) is 41.1 Å². The van der Waals surface area contributed by atoms with E-state index in [2.05, 4.69) is 22.0 Å². The van der Waals surface area contributed by atoms with Crippen molar-refractivity contribution in [1.82, 2.24) is 15.5 Å². The maximum Gasteiger partial charge on any atom is 0.223 e. The van der Waals surface area contributed by atoms with Crippen molar-refractivity contribution in [2.24, 2.45) is 0 Å². The number of aromatic nitrogens is 2. The van der Waals surface area contributed by atoms with E-state index in [1.807, 2.05) is 31.2 Å². The van der Waals surface area contributed by atoms with Gasteiger partial charge in [0.1, 0.15) is 0 Å². The fourth-order valence-corrected chi connectivity index (χ4v) is 1.44. The van der Waals surface area contributed by atoms with Gasteiger partial charge in [-0.3, -0.25) is 0 Å². The molecule has 0 radical (unpaired) electrons. The van der Waals surface area contributed by atoms with E-state index in [4.69, 9.17) is 4.52 Å². The number of rotatable bonds is 4. The predicted octanol–water partition coefficient (Wildman–Crippen LogP) is 2.67. The minimum absolute atomic E-state index is 0.577. The molecule has 1 aromatic carbocycles. The van der Waals surface area contributed by atoms with Gasteiger partial charge in [0.15, 0.2) is 0 Å². The second-order valence-electron chi connectivity index (χ2n) is 3.97. The van der Waals surface area contributed by atoms with E-state index in [9.17, 15) is 0 Å². The lowest BCUT2D eigenvalue weighted by Gasteiger charge is -2.05. The van der Waals surface area contributed by atoms with E-state index < -0.39 is 0 Å². The van der Waals surface area contributed by atoms with Gasteiger partial charge in [0, 0.05) is 24.7 Å². The number of nitrogens with one attached hydrogen (secondary N) is 1. The summed E-state index contributed by atoms with van der Waals surface area (Å²) in [5.74, 6) is 1.20. The van der Waals surface area contributed by atoms with Crippen LogP contribution in [-0.4, -0.2) is 10.1 Å². The van der Waals surface area contributed by atoms with Gasteiger partial charge in [0.05, 0.1) is 0 Å². The molecule has 0 bridgehead atoms. The molecule has 2 rings (SSSR count). The number of benzene rings is 1. The highest BCUT2D eigenvalue weighted by Gasteiger charge is 2.04. The molecule has 0 saturated heterocycles. The summed E-state index contributed by atoms with van der Waals surface area (Å²) in [6.07, 6.45) is 0. The van der Waals surface area contributed by atoms with Crippen LogP contribution in [0.4, 0.5) is 0 Å². The minimum atomic E-state index is 0.577. The molecule has 0 amide bonds. The Balaban J connectivity index is 2.10. The third-order valence-electron chi connectivity index (χ3n) is 2.33. The summed E-state index contributed by atoms with van der Waals surface area (Å²) in [6.45, 7) is 8.29. The third kappa shape index (κ3) is 2.93. The van der Waals surface area contributed by atoms with Crippen LogP contribution in [0.5, 0.6) is 0 Å². The van der Waals surface area contributed by atoms with Crippen molar-refractivity contribution in [3.8, 4) is 11.4 Å². The highest BCUT2D eigenvalue weighted by molar-refractivity contribution is 5.54. The molecular formula is C13H15N3O. The number of allylic oxidation sites excluding steroid dienone is 1. The van der Waals surface area contributed by atoms with Gasteiger partial charge in [0.25, 0.3) is 0 Å². The minimum Gasteiger partial charge on any atom is -0.385 e. The second-order valence-corrected chi connectivity index (χ2v) is 3.97. The van der Waals surface area contributed by atoms with Crippen molar-refractivity contribution in [3.63, 3.8) is 0 Å². The van der Waals surface area contributed by atoms with Crippen molar-refractivity contribution in [3.05, 3.63) is 48.0 Å². The van der Waals surface area contributed by atoms with Gasteiger partial charge in [0.2, 0.25) is 11.7 Å². The number of hydrogen-bond donors (Lipinski definition) is 1. The first kappa shape index (κ1) is 11.4. The zero-order valence-corrected chi connectivity index (χ0v) is 10.0. The zero-order chi connectivity index (χ0) is 12.3. The van der Waals surface area contributed by atoms with Crippen molar-refractivity contribution in [2.75, 3.05) is 0 Å². The Kier molecular flexibility index (Phi) is 3.23. The lowest BCUT2D eigenvalue weighted by molar-refractivity contribution is 0.394. The largest absolute Gasteiger partial charge is 0.385 e. The molecule has 1 N–H and O–H groups in total. The van der Waals surface area contributed by atoms with Crippen molar-refractivity contribution < 1.29 is 4.52 Å². The standard InChI is InChI=1S/C13H15N3O/c1-9(2)14-8-11-4-6-12(7-5-11)13-15-10(3)17-16-13/h4-7,14H,1,8H2,2-3H3. The molecule has 2 aromatic rings. The van der Waals surface area contributed by atoms with Crippen molar-refractivity contribution in [1.29, 1.82) is 0 Å². The highest BCUT2D eigenvalue weighted by atomic mass is 16.5. The highest BCUT2D eigenvalue weighted by Crippen LogP contribution is 2.16. The van der Waals surface area contributed by atoms with Gasteiger partial charge >= 0.3 is 0 Å². The van der Waals surface area contributed by atoms with E-state index in [1.54, 1.807) is 6.92 Å². The molecule has 17 heavy (non-hydrogen) atoms. The molecule has 4 heteroatoms. The Morgan fingerprint density at radius 1 is 1.35 bits per heavy atom. The molecular weight excluding hydrogens is 214 g/mol. The van der Waals surface area contributed by atoms with E-state index in [-0.39, 0.29) is 0 Å². The fourth-order valence-electron chi connectivity index (χ4n) is 1.44. The topological polar surface area (TPSA) is 51.0 Å². The summed E-state index contributed by atoms with van der Waals surface area (Å²) in [7, 11) is 0. The van der Waals surface area contributed by atoms with E-state index >= 15 is 0 Å². The van der Waals surface area contributed by atoms with Gasteiger partial charge in [-0.1, -0.05) is 36.0 Å². The summed E-state index contributed by atoms with van der Waals surface area (Å²) in [5, 5.41) is 7.05. The summed E-state index contributed by atoms with van der Waals surface area (Å²) < 4.78 is 4.94. The Labute approximate surface area is 100 Å². The SMILES string of the molecule is C=C(C)NCc1ccc(-c2noc(C)n2)cc1. The van der Waals surface area contributed by atoms with Crippen LogP contribution in [-0.2, 0) is 6.54 Å². The smallest absolute Gasteiger partial charge is 0.223 e. The number of nitrogens with zero attached hydrogens (tertiary/aromatic N) is 2. The first-order valence-corrected chi connectivity index (χ1v) is 5.44. The lowest BCUT2D eigenvalue weighted by Crippen LogP contribution is -2.08. The second kappa shape index (κ2) is 4.82. The van der Waals surface area contributed by atoms with Crippen LogP contribution >= 0.6 is 0 Å². The van der Waals surface area contributed by atoms with E-state index in [1.165, 1.54) is 5.56 Å². The fraction of sp³-hybridized carbons (Fsp3) is 0.231. The molecule has 0 spiro atoms. The van der Waals surface area contributed by atoms with E-state index in [0.29, 0.717) is 11.7 Å². The van der Waals surface area contributed by atoms with Gasteiger partial charge < -0.3 is 9.84 Å². The van der Waals surface area contributed by atoms with E-state index in [0.717, 1.165) is 17.8 Å². The monoisotopic (exact) mass is 229 g/mol. The Morgan fingerprint density at radius 3 is 2.59 bits per heavy atom. The summed E-state index contributed by atoms with van der Waals surface area (Å²) in [6, 6.07) is 8.05. The summed E-state index contributed by atoms with van der Waals surface area (Å²) >= 11 is 0. The molecule has 1 heterocycles. The maximum absolute atomic E-state index is 4.94. The maximum atomic E-state index is 4.94. The summed E-state index contributed by atoms with van der Waals surface area (Å²) in [4.78, 5) is 4.18. The summed E-state index contributed by atoms with van der Waals surface area (Å²) in [5.41, 5.74) is 3.11.